The number of ether oxygens (including phenoxy) is 1. The SMILES string of the molecule is C=C(c1cccc(Br)c1)c1ccc(OC(F)F)cc1C. The smallest absolute Gasteiger partial charge is 0.387 e. The summed E-state index contributed by atoms with van der Waals surface area (Å²) in [5, 5.41) is 0. The van der Waals surface area contributed by atoms with Gasteiger partial charge in [0.2, 0.25) is 0 Å². The van der Waals surface area contributed by atoms with Gasteiger partial charge >= 0.3 is 6.61 Å². The van der Waals surface area contributed by atoms with Gasteiger partial charge in [0.05, 0.1) is 0 Å². The Morgan fingerprint density at radius 2 is 1.95 bits per heavy atom. The normalized spacial score (nSPS) is 10.7. The molecular formula is C16H13BrF2O. The predicted molar refractivity (Wildman–Crippen MR) is 80.1 cm³/mol. The third-order valence-corrected chi connectivity index (χ3v) is 3.41. The van der Waals surface area contributed by atoms with Gasteiger partial charge in [-0.15, -0.1) is 0 Å². The number of hydrogen-bond donors (Lipinski definition) is 0. The maximum Gasteiger partial charge on any atom is 0.387 e. The summed E-state index contributed by atoms with van der Waals surface area (Å²) in [6.07, 6.45) is 0. The van der Waals surface area contributed by atoms with Crippen molar-refractivity contribution in [1.82, 2.24) is 0 Å². The van der Waals surface area contributed by atoms with E-state index in [0.717, 1.165) is 26.7 Å². The zero-order valence-electron chi connectivity index (χ0n) is 10.9. The second-order valence-corrected chi connectivity index (χ2v) is 5.26. The molecule has 20 heavy (non-hydrogen) atoms. The van der Waals surface area contributed by atoms with Gasteiger partial charge in [-0.3, -0.25) is 0 Å². The Morgan fingerprint density at radius 3 is 2.55 bits per heavy atom. The second-order valence-electron chi connectivity index (χ2n) is 4.34. The second kappa shape index (κ2) is 6.18. The topological polar surface area (TPSA) is 9.23 Å². The fraction of sp³-hybridized carbons (Fsp3) is 0.125. The van der Waals surface area contributed by atoms with Gasteiger partial charge in [-0.2, -0.15) is 8.78 Å². The Kier molecular flexibility index (Phi) is 4.55. The highest BCUT2D eigenvalue weighted by Crippen LogP contribution is 2.29. The van der Waals surface area contributed by atoms with Gasteiger partial charge in [-0.25, -0.2) is 0 Å². The lowest BCUT2D eigenvalue weighted by atomic mass is 9.96. The quantitative estimate of drug-likeness (QED) is 0.723. The zero-order chi connectivity index (χ0) is 14.7. The summed E-state index contributed by atoms with van der Waals surface area (Å²) in [7, 11) is 0. The van der Waals surface area contributed by atoms with Crippen molar-refractivity contribution in [3.8, 4) is 5.75 Å². The van der Waals surface area contributed by atoms with Crippen LogP contribution in [0.5, 0.6) is 5.75 Å². The zero-order valence-corrected chi connectivity index (χ0v) is 12.5. The van der Waals surface area contributed by atoms with Crippen LogP contribution < -0.4 is 4.74 Å². The van der Waals surface area contributed by atoms with Gasteiger partial charge in [0.1, 0.15) is 5.75 Å². The molecule has 0 spiro atoms. The average Bonchev–Trinajstić information content (AvgIpc) is 2.37. The number of aryl methyl sites for hydroxylation is 1. The lowest BCUT2D eigenvalue weighted by Crippen LogP contribution is -2.02. The van der Waals surface area contributed by atoms with E-state index in [1.54, 1.807) is 12.1 Å². The first-order chi connectivity index (χ1) is 9.47. The van der Waals surface area contributed by atoms with Gasteiger partial charge < -0.3 is 4.74 Å². The van der Waals surface area contributed by atoms with Crippen molar-refractivity contribution in [3.05, 3.63) is 70.2 Å². The molecule has 104 valence electrons. The van der Waals surface area contributed by atoms with Crippen LogP contribution in [0, 0.1) is 6.92 Å². The van der Waals surface area contributed by atoms with Crippen molar-refractivity contribution < 1.29 is 13.5 Å². The van der Waals surface area contributed by atoms with E-state index in [4.69, 9.17) is 0 Å². The number of rotatable bonds is 4. The molecule has 4 heteroatoms. The molecule has 0 fully saturated rings. The van der Waals surface area contributed by atoms with Crippen molar-refractivity contribution in [2.75, 3.05) is 0 Å². The molecule has 0 atom stereocenters. The van der Waals surface area contributed by atoms with E-state index in [1.807, 2.05) is 31.2 Å². The van der Waals surface area contributed by atoms with Gasteiger partial charge in [-0.05, 0) is 53.5 Å². The fourth-order valence-electron chi connectivity index (χ4n) is 1.98. The molecule has 0 unspecified atom stereocenters. The highest BCUT2D eigenvalue weighted by atomic mass is 79.9. The van der Waals surface area contributed by atoms with Gasteiger partial charge in [-0.1, -0.05) is 40.7 Å². The summed E-state index contributed by atoms with van der Waals surface area (Å²) in [6, 6.07) is 12.6. The average molecular weight is 339 g/mol. The van der Waals surface area contributed by atoms with Crippen LogP contribution in [0.15, 0.2) is 53.5 Å². The molecule has 0 bridgehead atoms. The number of hydrogen-bond acceptors (Lipinski definition) is 1. The Morgan fingerprint density at radius 1 is 1.20 bits per heavy atom. The molecule has 0 radical (unpaired) electrons. The molecule has 0 aliphatic carbocycles. The van der Waals surface area contributed by atoms with Crippen LogP contribution in [0.3, 0.4) is 0 Å². The third kappa shape index (κ3) is 3.45. The Hall–Kier alpha value is -1.68. The van der Waals surface area contributed by atoms with Crippen molar-refractivity contribution >= 4 is 21.5 Å². The lowest BCUT2D eigenvalue weighted by molar-refractivity contribution is -0.0498. The molecule has 2 aromatic rings. The Labute approximate surface area is 125 Å². The number of benzene rings is 2. The Bertz CT molecular complexity index is 638. The van der Waals surface area contributed by atoms with Crippen molar-refractivity contribution in [2.45, 2.75) is 13.5 Å². The van der Waals surface area contributed by atoms with Crippen molar-refractivity contribution in [2.24, 2.45) is 0 Å². The molecule has 2 aromatic carbocycles. The molecule has 0 saturated carbocycles. The van der Waals surface area contributed by atoms with Crippen LogP contribution in [0.25, 0.3) is 5.57 Å². The summed E-state index contributed by atoms with van der Waals surface area (Å²) in [5.41, 5.74) is 3.57. The van der Waals surface area contributed by atoms with Crippen LogP contribution in [0.2, 0.25) is 0 Å². The fourth-order valence-corrected chi connectivity index (χ4v) is 2.38. The van der Waals surface area contributed by atoms with Gasteiger partial charge in [0.15, 0.2) is 0 Å². The van der Waals surface area contributed by atoms with Gasteiger partial charge in [0, 0.05) is 4.47 Å². The number of halogens is 3. The monoisotopic (exact) mass is 338 g/mol. The van der Waals surface area contributed by atoms with E-state index in [0.29, 0.717) is 0 Å². The minimum absolute atomic E-state index is 0.156. The van der Waals surface area contributed by atoms with Crippen molar-refractivity contribution in [3.63, 3.8) is 0 Å². The number of alkyl halides is 2. The van der Waals surface area contributed by atoms with E-state index in [-0.39, 0.29) is 5.75 Å². The first kappa shape index (κ1) is 14.7. The van der Waals surface area contributed by atoms with E-state index in [2.05, 4.69) is 27.2 Å². The molecule has 0 saturated heterocycles. The molecule has 1 nitrogen and oxygen atoms in total. The van der Waals surface area contributed by atoms with Gasteiger partial charge in [0.25, 0.3) is 0 Å². The van der Waals surface area contributed by atoms with Crippen LogP contribution >= 0.6 is 15.9 Å². The molecule has 2 rings (SSSR count). The summed E-state index contributed by atoms with van der Waals surface area (Å²) in [5.74, 6) is 0.156. The molecule has 0 aliphatic rings. The lowest BCUT2D eigenvalue weighted by Gasteiger charge is -2.12. The van der Waals surface area contributed by atoms with Crippen LogP contribution in [-0.2, 0) is 0 Å². The standard InChI is InChI=1S/C16H13BrF2O/c1-10-8-14(20-16(18)19)6-7-15(10)11(2)12-4-3-5-13(17)9-12/h3-9,16H,2H2,1H3. The first-order valence-electron chi connectivity index (χ1n) is 5.98. The van der Waals surface area contributed by atoms with Crippen molar-refractivity contribution in [1.29, 1.82) is 0 Å². The van der Waals surface area contributed by atoms with E-state index in [9.17, 15) is 8.78 Å². The van der Waals surface area contributed by atoms with Crippen LogP contribution in [0.1, 0.15) is 16.7 Å². The highest BCUT2D eigenvalue weighted by Gasteiger charge is 2.09. The maximum atomic E-state index is 12.2. The molecule has 0 amide bonds. The van der Waals surface area contributed by atoms with E-state index in [1.165, 1.54) is 6.07 Å². The first-order valence-corrected chi connectivity index (χ1v) is 6.77. The largest absolute Gasteiger partial charge is 0.435 e. The minimum atomic E-state index is -2.81. The van der Waals surface area contributed by atoms with Crippen LogP contribution in [0.4, 0.5) is 8.78 Å². The highest BCUT2D eigenvalue weighted by molar-refractivity contribution is 9.10. The predicted octanol–water partition coefficient (Wildman–Crippen LogP) is 5.42. The molecule has 0 heterocycles. The molecule has 0 N–H and O–H groups in total. The molecular weight excluding hydrogens is 326 g/mol. The van der Waals surface area contributed by atoms with E-state index < -0.39 is 6.61 Å². The Balaban J connectivity index is 2.31. The summed E-state index contributed by atoms with van der Waals surface area (Å²) < 4.78 is 29.7. The van der Waals surface area contributed by atoms with Crippen LogP contribution in [-0.4, -0.2) is 6.61 Å². The minimum Gasteiger partial charge on any atom is -0.435 e. The maximum absolute atomic E-state index is 12.2. The summed E-state index contributed by atoms with van der Waals surface area (Å²) in [4.78, 5) is 0. The summed E-state index contributed by atoms with van der Waals surface area (Å²) in [6.45, 7) is 3.11. The molecule has 0 aromatic heterocycles. The third-order valence-electron chi connectivity index (χ3n) is 2.92. The molecule has 0 aliphatic heterocycles. The summed E-state index contributed by atoms with van der Waals surface area (Å²) >= 11 is 3.42. The van der Waals surface area contributed by atoms with E-state index >= 15 is 0 Å².